The van der Waals surface area contributed by atoms with Gasteiger partial charge in [0.2, 0.25) is 11.8 Å². The summed E-state index contributed by atoms with van der Waals surface area (Å²) in [7, 11) is 0. The lowest BCUT2D eigenvalue weighted by atomic mass is 10.2. The maximum Gasteiger partial charge on any atom is 0.408 e. The number of aliphatic carboxylic acids is 1. The Kier molecular flexibility index (Phi) is 11.1. The summed E-state index contributed by atoms with van der Waals surface area (Å²) in [6, 6.07) is 0. The molecular weight excluding hydrogens is 374 g/mol. The average molecular weight is 401 g/mol. The molecule has 0 rings (SSSR count). The molecule has 0 aromatic carbocycles. The van der Waals surface area contributed by atoms with E-state index < -0.39 is 41.0 Å². The molecule has 158 valence electrons. The Labute approximate surface area is 162 Å². The van der Waals surface area contributed by atoms with Crippen LogP contribution in [-0.2, 0) is 28.7 Å². The molecule has 0 bridgehead atoms. The lowest BCUT2D eigenvalue weighted by Gasteiger charge is -2.19. The van der Waals surface area contributed by atoms with E-state index in [1.165, 1.54) is 0 Å². The second kappa shape index (κ2) is 12.4. The van der Waals surface area contributed by atoms with Gasteiger partial charge in [-0.2, -0.15) is 0 Å². The molecule has 0 saturated carbocycles. The number of Topliss-reactive ketones (excluding diaryl/α,β-unsaturated/α-hetero) is 2. The van der Waals surface area contributed by atoms with Gasteiger partial charge < -0.3 is 25.8 Å². The third-order valence-corrected chi connectivity index (χ3v) is 3.01. The van der Waals surface area contributed by atoms with Crippen LogP contribution in [0.3, 0.4) is 0 Å². The summed E-state index contributed by atoms with van der Waals surface area (Å²) in [5.74, 6) is -3.05. The number of ketones is 2. The van der Waals surface area contributed by atoms with Gasteiger partial charge in [0.1, 0.15) is 12.1 Å². The van der Waals surface area contributed by atoms with E-state index in [2.05, 4.69) is 16.0 Å². The zero-order valence-electron chi connectivity index (χ0n) is 16.3. The van der Waals surface area contributed by atoms with Gasteiger partial charge in [-0.25, -0.2) is 4.79 Å². The van der Waals surface area contributed by atoms with Crippen LogP contribution in [0, 0.1) is 0 Å². The number of nitrogens with one attached hydrogen (secondary N) is 3. The first-order valence-electron chi connectivity index (χ1n) is 8.64. The molecule has 0 fully saturated rings. The molecule has 4 N–H and O–H groups in total. The summed E-state index contributed by atoms with van der Waals surface area (Å²) in [5, 5.41) is 15.3. The molecule has 0 unspecified atom stereocenters. The summed E-state index contributed by atoms with van der Waals surface area (Å²) in [6.07, 6.45) is -1.57. The number of ether oxygens (including phenoxy) is 1. The fourth-order valence-electron chi connectivity index (χ4n) is 1.69. The molecule has 3 amide bonds. The van der Waals surface area contributed by atoms with E-state index in [0.717, 1.165) is 0 Å². The minimum absolute atomic E-state index is 0.144. The molecule has 0 atom stereocenters. The fourth-order valence-corrected chi connectivity index (χ4v) is 1.69. The standard InChI is InChI=1S/C17H27N3O8/c1-17(2,3)28-16(27)20-10-14(24)19-9-11(21)4-6-13(23)18-8-12(22)5-7-15(25)26/h4-10H2,1-3H3,(H,18,23)(H,19,24)(H,20,27)(H,25,26). The Hall–Kier alpha value is -2.98. The maximum atomic E-state index is 11.7. The van der Waals surface area contributed by atoms with Gasteiger partial charge in [-0.15, -0.1) is 0 Å². The van der Waals surface area contributed by atoms with Gasteiger partial charge in [0.25, 0.3) is 0 Å². The number of carbonyl (C=O) groups excluding carboxylic acids is 5. The van der Waals surface area contributed by atoms with E-state index in [-0.39, 0.29) is 45.3 Å². The van der Waals surface area contributed by atoms with Crippen LogP contribution in [0.25, 0.3) is 0 Å². The molecular formula is C17H27N3O8. The van der Waals surface area contributed by atoms with Crippen molar-refractivity contribution in [1.29, 1.82) is 0 Å². The summed E-state index contributed by atoms with van der Waals surface area (Å²) in [6.45, 7) is 4.06. The molecule has 11 nitrogen and oxygen atoms in total. The maximum absolute atomic E-state index is 11.7. The largest absolute Gasteiger partial charge is 0.481 e. The zero-order valence-corrected chi connectivity index (χ0v) is 16.3. The van der Waals surface area contributed by atoms with Crippen LogP contribution in [-0.4, -0.2) is 65.8 Å². The SMILES string of the molecule is CC(C)(C)OC(=O)NCC(=O)NCC(=O)CCC(=O)NCC(=O)CCC(=O)O. The van der Waals surface area contributed by atoms with Crippen molar-refractivity contribution in [2.24, 2.45) is 0 Å². The lowest BCUT2D eigenvalue weighted by Crippen LogP contribution is -2.41. The lowest BCUT2D eigenvalue weighted by molar-refractivity contribution is -0.138. The van der Waals surface area contributed by atoms with Gasteiger partial charge in [0.05, 0.1) is 19.5 Å². The van der Waals surface area contributed by atoms with Crippen LogP contribution in [0.15, 0.2) is 0 Å². The highest BCUT2D eigenvalue weighted by Crippen LogP contribution is 2.06. The van der Waals surface area contributed by atoms with Crippen molar-refractivity contribution in [3.63, 3.8) is 0 Å². The number of amides is 3. The number of rotatable bonds is 12. The molecule has 0 spiro atoms. The average Bonchev–Trinajstić information content (AvgIpc) is 2.57. The summed E-state index contributed by atoms with van der Waals surface area (Å²) in [4.78, 5) is 67.8. The Balaban J connectivity index is 3.90. The molecule has 0 aliphatic rings. The summed E-state index contributed by atoms with van der Waals surface area (Å²) >= 11 is 0. The number of hydrogen-bond donors (Lipinski definition) is 4. The predicted octanol–water partition coefficient (Wildman–Crippen LogP) is -0.473. The second-order valence-electron chi connectivity index (χ2n) is 6.88. The van der Waals surface area contributed by atoms with E-state index in [4.69, 9.17) is 9.84 Å². The zero-order chi connectivity index (χ0) is 21.7. The molecule has 11 heteroatoms. The van der Waals surface area contributed by atoms with Crippen LogP contribution in [0.5, 0.6) is 0 Å². The molecule has 0 aromatic rings. The Morgan fingerprint density at radius 1 is 0.714 bits per heavy atom. The molecule has 0 aliphatic carbocycles. The Morgan fingerprint density at radius 2 is 1.21 bits per heavy atom. The normalized spacial score (nSPS) is 10.5. The topological polar surface area (TPSA) is 168 Å². The minimum Gasteiger partial charge on any atom is -0.481 e. The first-order chi connectivity index (χ1) is 12.9. The first-order valence-corrected chi connectivity index (χ1v) is 8.64. The highest BCUT2D eigenvalue weighted by atomic mass is 16.6. The van der Waals surface area contributed by atoms with Gasteiger partial charge >= 0.3 is 12.1 Å². The Bertz CT molecular complexity index is 610. The van der Waals surface area contributed by atoms with Crippen LogP contribution < -0.4 is 16.0 Å². The Morgan fingerprint density at radius 3 is 1.71 bits per heavy atom. The molecule has 0 heterocycles. The van der Waals surface area contributed by atoms with E-state index in [1.807, 2.05) is 0 Å². The van der Waals surface area contributed by atoms with Crippen molar-refractivity contribution < 1.29 is 38.6 Å². The molecule has 0 aliphatic heterocycles. The molecule has 0 radical (unpaired) electrons. The van der Waals surface area contributed by atoms with Crippen LogP contribution >= 0.6 is 0 Å². The van der Waals surface area contributed by atoms with Gasteiger partial charge in [-0.05, 0) is 20.8 Å². The predicted molar refractivity (Wildman–Crippen MR) is 96.4 cm³/mol. The smallest absolute Gasteiger partial charge is 0.408 e. The van der Waals surface area contributed by atoms with Crippen molar-refractivity contribution in [2.75, 3.05) is 19.6 Å². The number of carbonyl (C=O) groups is 6. The van der Waals surface area contributed by atoms with Crippen LogP contribution in [0.4, 0.5) is 4.79 Å². The minimum atomic E-state index is -1.10. The van der Waals surface area contributed by atoms with Crippen LogP contribution in [0.2, 0.25) is 0 Å². The van der Waals surface area contributed by atoms with Crippen molar-refractivity contribution in [1.82, 2.24) is 16.0 Å². The van der Waals surface area contributed by atoms with Gasteiger partial charge in [-0.1, -0.05) is 0 Å². The molecule has 28 heavy (non-hydrogen) atoms. The van der Waals surface area contributed by atoms with E-state index in [9.17, 15) is 28.8 Å². The number of hydrogen-bond acceptors (Lipinski definition) is 7. The summed E-state index contributed by atoms with van der Waals surface area (Å²) in [5.41, 5.74) is -0.696. The van der Waals surface area contributed by atoms with Crippen molar-refractivity contribution in [2.45, 2.75) is 52.1 Å². The highest BCUT2D eigenvalue weighted by molar-refractivity contribution is 5.91. The fraction of sp³-hybridized carbons (Fsp3) is 0.647. The van der Waals surface area contributed by atoms with E-state index in [1.54, 1.807) is 20.8 Å². The van der Waals surface area contributed by atoms with Gasteiger partial charge in [0, 0.05) is 19.3 Å². The van der Waals surface area contributed by atoms with E-state index in [0.29, 0.717) is 0 Å². The monoisotopic (exact) mass is 401 g/mol. The highest BCUT2D eigenvalue weighted by Gasteiger charge is 2.17. The number of alkyl carbamates (subject to hydrolysis) is 1. The number of carboxylic acid groups (broad SMARTS) is 1. The summed E-state index contributed by atoms with van der Waals surface area (Å²) < 4.78 is 4.95. The van der Waals surface area contributed by atoms with Crippen molar-refractivity contribution in [3.05, 3.63) is 0 Å². The molecule has 0 saturated heterocycles. The van der Waals surface area contributed by atoms with Crippen LogP contribution in [0.1, 0.15) is 46.5 Å². The third-order valence-electron chi connectivity index (χ3n) is 3.01. The first kappa shape index (κ1) is 25.0. The molecule has 0 aromatic heterocycles. The van der Waals surface area contributed by atoms with Crippen molar-refractivity contribution >= 4 is 35.4 Å². The van der Waals surface area contributed by atoms with Gasteiger partial charge in [0.15, 0.2) is 11.6 Å². The van der Waals surface area contributed by atoms with Crippen molar-refractivity contribution in [3.8, 4) is 0 Å². The van der Waals surface area contributed by atoms with Gasteiger partial charge in [-0.3, -0.25) is 24.0 Å². The number of carboxylic acids is 1. The quantitative estimate of drug-likeness (QED) is 0.340. The third kappa shape index (κ3) is 15.3. The second-order valence-corrected chi connectivity index (χ2v) is 6.88. The van der Waals surface area contributed by atoms with E-state index >= 15 is 0 Å².